The number of Topliss-reactive ketones (excluding diaryl/α,β-unsaturated/α-hetero) is 1. The smallest absolute Gasteiger partial charge is 0.192 e. The first-order valence-electron chi connectivity index (χ1n) is 7.60. The van der Waals surface area contributed by atoms with Crippen LogP contribution in [0.15, 0.2) is 18.2 Å². The molecule has 21 heavy (non-hydrogen) atoms. The van der Waals surface area contributed by atoms with E-state index in [-0.39, 0.29) is 11.9 Å². The van der Waals surface area contributed by atoms with E-state index in [1.807, 2.05) is 6.92 Å². The van der Waals surface area contributed by atoms with Crippen molar-refractivity contribution >= 4 is 29.0 Å². The lowest BCUT2D eigenvalue weighted by molar-refractivity contribution is 0.00834. The van der Waals surface area contributed by atoms with Crippen molar-refractivity contribution in [3.8, 4) is 0 Å². The van der Waals surface area contributed by atoms with Gasteiger partial charge in [-0.3, -0.25) is 4.79 Å². The van der Waals surface area contributed by atoms with E-state index < -0.39 is 6.10 Å². The maximum Gasteiger partial charge on any atom is 0.192 e. The number of rotatable bonds is 9. The fourth-order valence-corrected chi connectivity index (χ4v) is 2.75. The van der Waals surface area contributed by atoms with E-state index in [0.717, 1.165) is 12.8 Å². The van der Waals surface area contributed by atoms with Gasteiger partial charge in [-0.15, -0.1) is 0 Å². The molecule has 0 aliphatic rings. The highest BCUT2D eigenvalue weighted by Gasteiger charge is 2.20. The molecule has 0 fully saturated rings. The number of ketones is 1. The molecule has 0 aromatic heterocycles. The molecule has 2 unspecified atom stereocenters. The fraction of sp³-hybridized carbons (Fsp3) is 0.588. The first kappa shape index (κ1) is 18.5. The van der Waals surface area contributed by atoms with Crippen LogP contribution < -0.4 is 0 Å². The third-order valence-corrected chi connectivity index (χ3v) is 4.01. The molecule has 1 aromatic carbocycles. The van der Waals surface area contributed by atoms with Gasteiger partial charge in [-0.05, 0) is 38.5 Å². The number of hydrogen-bond acceptors (Lipinski definition) is 2. The van der Waals surface area contributed by atoms with Crippen LogP contribution in [0.3, 0.4) is 0 Å². The van der Waals surface area contributed by atoms with Gasteiger partial charge in [0, 0.05) is 10.6 Å². The Hall–Kier alpha value is -0.570. The van der Waals surface area contributed by atoms with Crippen LogP contribution in [0.4, 0.5) is 0 Å². The van der Waals surface area contributed by atoms with E-state index in [1.165, 1.54) is 19.3 Å². The quantitative estimate of drug-likeness (QED) is 0.413. The number of benzene rings is 1. The van der Waals surface area contributed by atoms with Crippen LogP contribution in [-0.2, 0) is 4.74 Å². The van der Waals surface area contributed by atoms with Crippen LogP contribution >= 0.6 is 23.2 Å². The van der Waals surface area contributed by atoms with E-state index in [9.17, 15) is 4.79 Å². The Balaban J connectivity index is 2.50. The second-order valence-electron chi connectivity index (χ2n) is 5.43. The molecule has 1 rings (SSSR count). The Morgan fingerprint density at radius 1 is 1.19 bits per heavy atom. The molecule has 0 radical (unpaired) electrons. The van der Waals surface area contributed by atoms with Crippen molar-refractivity contribution in [3.63, 3.8) is 0 Å². The summed E-state index contributed by atoms with van der Waals surface area (Å²) in [5.41, 5.74) is 0.465. The highest BCUT2D eigenvalue weighted by molar-refractivity contribution is 6.37. The molecule has 4 heteroatoms. The van der Waals surface area contributed by atoms with Crippen molar-refractivity contribution in [1.29, 1.82) is 0 Å². The van der Waals surface area contributed by atoms with Crippen LogP contribution in [0.2, 0.25) is 10.0 Å². The number of carbonyl (C=O) groups is 1. The largest absolute Gasteiger partial charge is 0.367 e. The topological polar surface area (TPSA) is 26.3 Å². The van der Waals surface area contributed by atoms with E-state index in [1.54, 1.807) is 25.1 Å². The lowest BCUT2D eigenvalue weighted by Crippen LogP contribution is -2.25. The lowest BCUT2D eigenvalue weighted by atomic mass is 10.1. The van der Waals surface area contributed by atoms with E-state index in [4.69, 9.17) is 27.9 Å². The summed E-state index contributed by atoms with van der Waals surface area (Å²) in [6.45, 7) is 5.98. The van der Waals surface area contributed by atoms with Gasteiger partial charge in [-0.2, -0.15) is 0 Å². The van der Waals surface area contributed by atoms with E-state index >= 15 is 0 Å². The summed E-state index contributed by atoms with van der Waals surface area (Å²) >= 11 is 11.9. The van der Waals surface area contributed by atoms with Gasteiger partial charge in [0.1, 0.15) is 6.10 Å². The van der Waals surface area contributed by atoms with Crippen molar-refractivity contribution in [3.05, 3.63) is 33.8 Å². The molecule has 2 nitrogen and oxygen atoms in total. The van der Waals surface area contributed by atoms with E-state index in [0.29, 0.717) is 15.6 Å². The highest BCUT2D eigenvalue weighted by Crippen LogP contribution is 2.23. The van der Waals surface area contributed by atoms with Crippen molar-refractivity contribution < 1.29 is 9.53 Å². The predicted molar refractivity (Wildman–Crippen MR) is 89.6 cm³/mol. The minimum Gasteiger partial charge on any atom is -0.367 e. The van der Waals surface area contributed by atoms with Crippen LogP contribution in [0, 0.1) is 0 Å². The van der Waals surface area contributed by atoms with Crippen molar-refractivity contribution in [1.82, 2.24) is 0 Å². The summed E-state index contributed by atoms with van der Waals surface area (Å²) in [5.74, 6) is -0.0999. The summed E-state index contributed by atoms with van der Waals surface area (Å²) in [6.07, 6.45) is 5.39. The average molecular weight is 331 g/mol. The average Bonchev–Trinajstić information content (AvgIpc) is 2.43. The molecule has 0 aliphatic heterocycles. The second kappa shape index (κ2) is 9.45. The summed E-state index contributed by atoms with van der Waals surface area (Å²) in [6, 6.07) is 4.90. The van der Waals surface area contributed by atoms with Crippen molar-refractivity contribution in [2.75, 3.05) is 0 Å². The Bertz CT molecular complexity index is 460. The summed E-state index contributed by atoms with van der Waals surface area (Å²) in [5, 5.41) is 0.896. The molecular formula is C17H24Cl2O2. The molecule has 0 saturated carbocycles. The third-order valence-electron chi connectivity index (χ3n) is 3.47. The lowest BCUT2D eigenvalue weighted by Gasteiger charge is -2.19. The van der Waals surface area contributed by atoms with Crippen molar-refractivity contribution in [2.45, 2.75) is 65.1 Å². The molecular weight excluding hydrogens is 307 g/mol. The number of unbranched alkanes of at least 4 members (excludes halogenated alkanes) is 3. The standard InChI is InChI=1S/C17H24Cl2O2/c1-4-5-6-7-8-12(2)21-13(3)17(20)15-10-9-14(18)11-16(15)19/h9-13H,4-8H2,1-3H3. The van der Waals surface area contributed by atoms with Crippen LogP contribution in [0.1, 0.15) is 63.2 Å². The summed E-state index contributed by atoms with van der Waals surface area (Å²) in [7, 11) is 0. The molecule has 2 atom stereocenters. The zero-order valence-electron chi connectivity index (χ0n) is 13.0. The zero-order valence-corrected chi connectivity index (χ0v) is 14.5. The van der Waals surface area contributed by atoms with Crippen LogP contribution in [-0.4, -0.2) is 18.0 Å². The molecule has 0 amide bonds. The SMILES string of the molecule is CCCCCCC(C)OC(C)C(=O)c1ccc(Cl)cc1Cl. The molecule has 0 heterocycles. The minimum absolute atomic E-state index is 0.0758. The molecule has 118 valence electrons. The normalized spacial score (nSPS) is 14.0. The summed E-state index contributed by atoms with van der Waals surface area (Å²) < 4.78 is 5.79. The number of hydrogen-bond donors (Lipinski definition) is 0. The molecule has 0 saturated heterocycles. The van der Waals surface area contributed by atoms with Gasteiger partial charge in [0.2, 0.25) is 0 Å². The Kier molecular flexibility index (Phi) is 8.31. The molecule has 0 aliphatic carbocycles. The molecule has 0 N–H and O–H groups in total. The van der Waals surface area contributed by atoms with E-state index in [2.05, 4.69) is 6.92 Å². The number of ether oxygens (including phenoxy) is 1. The molecule has 1 aromatic rings. The maximum absolute atomic E-state index is 12.3. The fourth-order valence-electron chi connectivity index (χ4n) is 2.25. The second-order valence-corrected chi connectivity index (χ2v) is 6.27. The monoisotopic (exact) mass is 330 g/mol. The van der Waals surface area contributed by atoms with Gasteiger partial charge in [-0.1, -0.05) is 55.8 Å². The van der Waals surface area contributed by atoms with Gasteiger partial charge in [-0.25, -0.2) is 0 Å². The highest BCUT2D eigenvalue weighted by atomic mass is 35.5. The first-order chi connectivity index (χ1) is 9.95. The van der Waals surface area contributed by atoms with Gasteiger partial charge in [0.05, 0.1) is 11.1 Å². The van der Waals surface area contributed by atoms with Gasteiger partial charge >= 0.3 is 0 Å². The zero-order chi connectivity index (χ0) is 15.8. The molecule has 0 spiro atoms. The number of carbonyl (C=O) groups excluding carboxylic acids is 1. The van der Waals surface area contributed by atoms with Gasteiger partial charge in [0.25, 0.3) is 0 Å². The Morgan fingerprint density at radius 3 is 2.52 bits per heavy atom. The van der Waals surface area contributed by atoms with Gasteiger partial charge < -0.3 is 4.74 Å². The minimum atomic E-state index is -0.496. The van der Waals surface area contributed by atoms with Crippen molar-refractivity contribution in [2.24, 2.45) is 0 Å². The number of halogens is 2. The Morgan fingerprint density at radius 2 is 1.90 bits per heavy atom. The molecule has 0 bridgehead atoms. The summed E-state index contributed by atoms with van der Waals surface area (Å²) in [4.78, 5) is 12.3. The van der Waals surface area contributed by atoms with Crippen LogP contribution in [0.25, 0.3) is 0 Å². The third kappa shape index (κ3) is 6.37. The predicted octanol–water partition coefficient (Wildman–Crippen LogP) is 5.94. The maximum atomic E-state index is 12.3. The Labute approximate surface area is 137 Å². The first-order valence-corrected chi connectivity index (χ1v) is 8.36. The van der Waals surface area contributed by atoms with Gasteiger partial charge in [0.15, 0.2) is 5.78 Å². The van der Waals surface area contributed by atoms with Crippen LogP contribution in [0.5, 0.6) is 0 Å².